The van der Waals surface area contributed by atoms with Crippen molar-refractivity contribution in [1.29, 1.82) is 0 Å². The highest BCUT2D eigenvalue weighted by molar-refractivity contribution is 7.80. The Balaban J connectivity index is -0.000000263. The van der Waals surface area contributed by atoms with E-state index in [0.717, 1.165) is 87.4 Å². The van der Waals surface area contributed by atoms with Crippen molar-refractivity contribution in [2.45, 2.75) is 576 Å². The molecule has 0 spiro atoms. The number of hydrogen-bond acceptors (Lipinski definition) is 9. The number of thiol groups is 1. The molecule has 3 rings (SSSR count). The summed E-state index contributed by atoms with van der Waals surface area (Å²) in [6.07, 6.45) is 103. The van der Waals surface area contributed by atoms with E-state index in [1.54, 1.807) is 42.5 Å². The van der Waals surface area contributed by atoms with Gasteiger partial charge in [0.15, 0.2) is 0 Å². The van der Waals surface area contributed by atoms with E-state index < -0.39 is 35.8 Å². The smallest absolute Gasteiger partial charge is 0.335 e. The molecule has 0 saturated heterocycles. The van der Waals surface area contributed by atoms with Gasteiger partial charge >= 0.3 is 35.8 Å². The Bertz CT molecular complexity index is 2570. The van der Waals surface area contributed by atoms with E-state index in [1.807, 2.05) is 30.3 Å². The van der Waals surface area contributed by atoms with Gasteiger partial charge in [-0.25, -0.2) is 9.59 Å². The Labute approximate surface area is 804 Å². The third-order valence-corrected chi connectivity index (χ3v) is 23.4. The number of aromatic carboxylic acids is 2. The molecule has 15 heteroatoms. The van der Waals surface area contributed by atoms with Crippen molar-refractivity contribution in [2.75, 3.05) is 18.8 Å². The Morgan fingerprint density at radius 3 is 0.558 bits per heavy atom. The summed E-state index contributed by atoms with van der Waals surface area (Å²) in [5, 5.41) is 52.9. The van der Waals surface area contributed by atoms with Gasteiger partial charge in [-0.3, -0.25) is 19.2 Å². The summed E-state index contributed by atoms with van der Waals surface area (Å²) in [5.74, 6) is -3.34. The Morgan fingerprint density at radius 2 is 0.372 bits per heavy atom. The summed E-state index contributed by atoms with van der Waals surface area (Å²) in [6.45, 7) is 21.9. The molecule has 760 valence electrons. The molecule has 0 bridgehead atoms. The highest BCUT2D eigenvalue weighted by atomic mass is 32.1. The molecule has 0 radical (unpaired) electrons. The third-order valence-electron chi connectivity index (χ3n) is 23.1. The first-order valence-electron chi connectivity index (χ1n) is 54.7. The van der Waals surface area contributed by atoms with Crippen LogP contribution in [0.4, 0.5) is 0 Å². The fourth-order valence-corrected chi connectivity index (χ4v) is 14.9. The maximum Gasteiger partial charge on any atom is 0.335 e. The van der Waals surface area contributed by atoms with Crippen LogP contribution < -0.4 is 11.5 Å². The highest BCUT2D eigenvalue weighted by Gasteiger charge is 2.05. The van der Waals surface area contributed by atoms with Crippen LogP contribution in [0.25, 0.3) is 10.8 Å². The van der Waals surface area contributed by atoms with E-state index in [2.05, 4.69) is 74.9 Å². The topological polar surface area (TPSA) is 276 Å². The average Bonchev–Trinajstić information content (AvgIpc) is 0.839. The van der Waals surface area contributed by atoms with Crippen molar-refractivity contribution in [3.05, 3.63) is 83.9 Å². The van der Waals surface area contributed by atoms with Gasteiger partial charge in [0.1, 0.15) is 0 Å². The van der Waals surface area contributed by atoms with Gasteiger partial charge in [0.25, 0.3) is 0 Å². The molecule has 0 aliphatic heterocycles. The SMILES string of the molecule is CCCCCCC(=O)O.CCCCCCCCCCCC.CCCCCCCCCCCC(=O)O.CCCCCCCCCCCCCCCCCC(=O)O.CCCCCCCCCCCCCCCCCCCCCCCC(=O)O.CCCCCCCCCCCN.CCCCCCN.CCCCCCS.O=C(O)c1ccc2ccccc2c1.O=C(O)c1ccccc1. The third kappa shape index (κ3) is 139. The lowest BCUT2D eigenvalue weighted by Gasteiger charge is -2.04. The number of carbonyl (C=O) groups is 6. The predicted molar refractivity (Wildman–Crippen MR) is 567 cm³/mol. The molecule has 0 saturated carbocycles. The van der Waals surface area contributed by atoms with Crippen LogP contribution in [0.15, 0.2) is 72.8 Å². The highest BCUT2D eigenvalue weighted by Crippen LogP contribution is 2.20. The number of carboxylic acids is 6. The van der Waals surface area contributed by atoms with Crippen LogP contribution in [0.5, 0.6) is 0 Å². The largest absolute Gasteiger partial charge is 0.481 e. The molecule has 0 atom stereocenters. The number of fused-ring (bicyclic) bond motifs is 1. The van der Waals surface area contributed by atoms with Crippen molar-refractivity contribution >= 4 is 59.2 Å². The number of unbranched alkanes of at least 4 members (excludes halogenated alkanes) is 68. The Hall–Kier alpha value is -4.99. The normalized spacial score (nSPS) is 10.3. The Morgan fingerprint density at radius 1 is 0.202 bits per heavy atom. The molecular weight excluding hydrogens is 1620 g/mol. The van der Waals surface area contributed by atoms with Gasteiger partial charge < -0.3 is 42.1 Å². The van der Waals surface area contributed by atoms with Gasteiger partial charge in [0.05, 0.1) is 11.1 Å². The van der Waals surface area contributed by atoms with E-state index in [4.69, 9.17) is 42.1 Å². The van der Waals surface area contributed by atoms with E-state index in [1.165, 1.54) is 430 Å². The summed E-state index contributed by atoms with van der Waals surface area (Å²) < 4.78 is 0. The van der Waals surface area contributed by atoms with Gasteiger partial charge in [-0.1, -0.05) is 554 Å². The molecule has 3 aromatic rings. The standard InChI is InChI=1S/C24H48O2.C18H36O2.C12H24O2.C12H26.C11H25N.C11H8O2.C7H6O2.C7H14O2.C6H15N.C6H14S/c1-2-3-4-5-6-7-8-9-10-11-12-13-14-15-16-17-18-19-20-21-22-23-24(25)26;1-2-3-4-5-6-7-8-9-10-11-12-13-14-15-16-17-18(19)20;1-2-3-4-5-6-7-8-9-10-11-12(13)14;1-3-5-7-9-11-12-10-8-6-4-2;1-2-3-4-5-6-7-8-9-10-11-12;12-11(13)10-6-5-8-3-1-2-4-9(8)7-10;8-7(9)6-4-2-1-3-5-6;1-2-3-4-5-6-7(8)9;2*1-2-3-4-5-6-7/h2-23H2,1H3,(H,25,26);2-17H2,1H3,(H,19,20);2-11H2,1H3,(H,13,14);3-12H2,1-2H3;2-12H2,1H3;1-7H,(H,12,13);1-5H,(H,8,9);2-6H2,1H3,(H,8,9);2-7H2,1H3;7H,2-6H2,1H3. The quantitative estimate of drug-likeness (QED) is 0.0188. The number of aliphatic carboxylic acids is 4. The van der Waals surface area contributed by atoms with Crippen molar-refractivity contribution in [1.82, 2.24) is 0 Å². The van der Waals surface area contributed by atoms with Crippen LogP contribution in [-0.4, -0.2) is 85.3 Å². The monoisotopic (exact) mass is 1840 g/mol. The Kier molecular flexibility index (Phi) is 135. The first kappa shape index (κ1) is 137. The van der Waals surface area contributed by atoms with Crippen molar-refractivity contribution < 1.29 is 59.4 Å². The van der Waals surface area contributed by atoms with E-state index in [0.29, 0.717) is 36.8 Å². The summed E-state index contributed by atoms with van der Waals surface area (Å²) in [4.78, 5) is 61.7. The lowest BCUT2D eigenvalue weighted by Crippen LogP contribution is -1.97. The van der Waals surface area contributed by atoms with Crippen LogP contribution in [0.3, 0.4) is 0 Å². The van der Waals surface area contributed by atoms with Gasteiger partial charge in [-0.15, -0.1) is 0 Å². The minimum atomic E-state index is -0.884. The lowest BCUT2D eigenvalue weighted by molar-refractivity contribution is -0.138. The molecule has 0 fully saturated rings. The molecular formula is C114H216N2O12S. The van der Waals surface area contributed by atoms with Crippen LogP contribution in [0, 0.1) is 0 Å². The minimum Gasteiger partial charge on any atom is -0.481 e. The second kappa shape index (κ2) is 127. The summed E-state index contributed by atoms with van der Waals surface area (Å²) in [6, 6.07) is 21.1. The average molecular weight is 1840 g/mol. The summed E-state index contributed by atoms with van der Waals surface area (Å²) in [5.41, 5.74) is 11.3. The van der Waals surface area contributed by atoms with Gasteiger partial charge in [-0.2, -0.15) is 12.6 Å². The molecule has 10 N–H and O–H groups in total. The van der Waals surface area contributed by atoms with Crippen molar-refractivity contribution in [3.63, 3.8) is 0 Å². The zero-order chi connectivity index (χ0) is 96.9. The maximum atomic E-state index is 10.6. The molecule has 0 aliphatic rings. The summed E-state index contributed by atoms with van der Waals surface area (Å²) in [7, 11) is 0. The van der Waals surface area contributed by atoms with Gasteiger partial charge in [0, 0.05) is 25.7 Å². The molecule has 0 heterocycles. The minimum absolute atomic E-state index is 0.331. The van der Waals surface area contributed by atoms with Crippen LogP contribution in [-0.2, 0) is 19.2 Å². The van der Waals surface area contributed by atoms with Gasteiger partial charge in [-0.05, 0) is 98.8 Å². The molecule has 3 aromatic carbocycles. The second-order valence-electron chi connectivity index (χ2n) is 36.1. The molecule has 0 unspecified atom stereocenters. The van der Waals surface area contributed by atoms with E-state index in [-0.39, 0.29) is 0 Å². The zero-order valence-corrected chi connectivity index (χ0v) is 87.2. The molecule has 0 aliphatic carbocycles. The number of rotatable bonds is 81. The first-order valence-corrected chi connectivity index (χ1v) is 55.3. The van der Waals surface area contributed by atoms with Gasteiger partial charge in [0.2, 0.25) is 0 Å². The van der Waals surface area contributed by atoms with E-state index >= 15 is 0 Å². The number of nitrogens with two attached hydrogens (primary N) is 2. The molecule has 0 aromatic heterocycles. The van der Waals surface area contributed by atoms with E-state index in [9.17, 15) is 28.8 Å². The van der Waals surface area contributed by atoms with Crippen LogP contribution in [0.2, 0.25) is 0 Å². The van der Waals surface area contributed by atoms with Crippen LogP contribution in [0.1, 0.15) is 597 Å². The number of carboxylic acid groups (broad SMARTS) is 6. The van der Waals surface area contributed by atoms with Crippen molar-refractivity contribution in [2.24, 2.45) is 11.5 Å². The maximum absolute atomic E-state index is 10.6. The fraction of sp³-hybridized carbons (Fsp3) is 0.807. The number of hydrogen-bond donors (Lipinski definition) is 9. The fourth-order valence-electron chi connectivity index (χ4n) is 14.7. The first-order chi connectivity index (χ1) is 62.8. The zero-order valence-electron chi connectivity index (χ0n) is 86.4. The molecule has 14 nitrogen and oxygen atoms in total. The number of benzene rings is 3. The predicted octanol–water partition coefficient (Wildman–Crippen LogP) is 37.4. The lowest BCUT2D eigenvalue weighted by atomic mass is 10.0. The summed E-state index contributed by atoms with van der Waals surface area (Å²) >= 11 is 4.09. The second-order valence-corrected chi connectivity index (χ2v) is 36.5. The molecule has 129 heavy (non-hydrogen) atoms. The van der Waals surface area contributed by atoms with Crippen molar-refractivity contribution in [3.8, 4) is 0 Å². The molecule has 0 amide bonds. The van der Waals surface area contributed by atoms with Crippen LogP contribution >= 0.6 is 12.6 Å².